The van der Waals surface area contributed by atoms with E-state index in [1.807, 2.05) is 24.3 Å². The minimum absolute atomic E-state index is 0. The van der Waals surface area contributed by atoms with E-state index in [4.69, 9.17) is 4.74 Å². The van der Waals surface area contributed by atoms with Crippen molar-refractivity contribution in [2.24, 2.45) is 0 Å². The van der Waals surface area contributed by atoms with Crippen molar-refractivity contribution in [1.29, 1.82) is 0 Å². The van der Waals surface area contributed by atoms with Crippen LogP contribution in [-0.2, 0) is 34.7 Å². The molecule has 0 amide bonds. The summed E-state index contributed by atoms with van der Waals surface area (Å²) in [5, 5.41) is 0. The van der Waals surface area contributed by atoms with Crippen LogP contribution in [0.1, 0.15) is 12.5 Å². The molecule has 81 valence electrons. The average Bonchev–Trinajstić information content (AvgIpc) is 2.17. The Hall–Kier alpha value is -0.0256. The van der Waals surface area contributed by atoms with Crippen molar-refractivity contribution in [3.8, 4) is 0 Å². The second-order valence-corrected chi connectivity index (χ2v) is 4.71. The molecule has 0 spiro atoms. The van der Waals surface area contributed by atoms with Gasteiger partial charge < -0.3 is 4.74 Å². The van der Waals surface area contributed by atoms with Gasteiger partial charge in [-0.2, -0.15) is 0 Å². The number of rotatable bonds is 4. The molecule has 2 nitrogen and oxygen atoms in total. The first-order valence-electron chi connectivity index (χ1n) is 4.03. The van der Waals surface area contributed by atoms with E-state index in [0.717, 1.165) is 10.5 Å². The molecule has 0 fully saturated rings. The summed E-state index contributed by atoms with van der Waals surface area (Å²) >= 11 is 0. The van der Waals surface area contributed by atoms with Crippen LogP contribution in [0.3, 0.4) is 0 Å². The minimum Gasteiger partial charge on any atom is -0.461 e. The molecule has 1 aromatic carbocycles. The fourth-order valence-corrected chi connectivity index (χ4v) is 2.02. The molecule has 15 heavy (non-hydrogen) atoms. The third-order valence-electron chi connectivity index (χ3n) is 1.52. The van der Waals surface area contributed by atoms with Crippen LogP contribution >= 0.6 is 21.6 Å². The molecule has 0 bridgehead atoms. The van der Waals surface area contributed by atoms with Crippen molar-refractivity contribution in [3.05, 3.63) is 36.1 Å². The maximum atomic E-state index is 10.5. The standard InChI is InChI=1S/C10H11O2S2.V/c1-8(11)12-7-9-3-5-10(6-4-9)14-13-2;/h3-6H,2,7H2,1H3;/q-1;. The van der Waals surface area contributed by atoms with Crippen LogP contribution in [0.2, 0.25) is 0 Å². The molecule has 1 rings (SSSR count). The predicted octanol–water partition coefficient (Wildman–Crippen LogP) is 3.28. The molecule has 1 aromatic rings. The summed E-state index contributed by atoms with van der Waals surface area (Å²) < 4.78 is 4.86. The van der Waals surface area contributed by atoms with Crippen molar-refractivity contribution in [2.75, 3.05) is 0 Å². The molecule has 0 saturated carbocycles. The Balaban J connectivity index is 0.00000196. The molecule has 5 heteroatoms. The summed E-state index contributed by atoms with van der Waals surface area (Å²) in [6.45, 7) is 1.75. The quantitative estimate of drug-likeness (QED) is 0.479. The number of benzene rings is 1. The topological polar surface area (TPSA) is 26.3 Å². The normalized spacial score (nSPS) is 9.20. The van der Waals surface area contributed by atoms with Gasteiger partial charge in [-0.1, -0.05) is 22.9 Å². The fraction of sp³-hybridized carbons (Fsp3) is 0.200. The third-order valence-corrected chi connectivity index (χ3v) is 3.03. The van der Waals surface area contributed by atoms with E-state index in [1.165, 1.54) is 17.7 Å². The van der Waals surface area contributed by atoms with Gasteiger partial charge in [-0.3, -0.25) is 21.8 Å². The van der Waals surface area contributed by atoms with E-state index < -0.39 is 0 Å². The second kappa shape index (κ2) is 8.16. The number of ether oxygens (including phenoxy) is 1. The van der Waals surface area contributed by atoms with Crippen molar-refractivity contribution in [3.63, 3.8) is 0 Å². The molecular formula is C10H11O2S2V-. The smallest absolute Gasteiger partial charge is 0.302 e. The Morgan fingerprint density at radius 1 is 1.40 bits per heavy atom. The summed E-state index contributed by atoms with van der Waals surface area (Å²) in [6.07, 6.45) is 3.67. The van der Waals surface area contributed by atoms with Crippen molar-refractivity contribution in [1.82, 2.24) is 0 Å². The molecule has 0 atom stereocenters. The van der Waals surface area contributed by atoms with Crippen LogP contribution in [0, 0.1) is 6.26 Å². The van der Waals surface area contributed by atoms with Gasteiger partial charge >= 0.3 is 5.97 Å². The molecule has 0 aromatic heterocycles. The molecule has 0 saturated heterocycles. The Morgan fingerprint density at radius 3 is 2.47 bits per heavy atom. The first kappa shape index (κ1) is 15.0. The van der Waals surface area contributed by atoms with Gasteiger partial charge in [0.15, 0.2) is 0 Å². The van der Waals surface area contributed by atoms with E-state index in [2.05, 4.69) is 6.26 Å². The molecule has 1 radical (unpaired) electrons. The summed E-state index contributed by atoms with van der Waals surface area (Å²) in [6, 6.07) is 7.87. The largest absolute Gasteiger partial charge is 0.461 e. The van der Waals surface area contributed by atoms with Crippen molar-refractivity contribution >= 4 is 27.6 Å². The second-order valence-electron chi connectivity index (χ2n) is 2.63. The Labute approximate surface area is 110 Å². The van der Waals surface area contributed by atoms with Crippen LogP contribution < -0.4 is 0 Å². The van der Waals surface area contributed by atoms with E-state index in [9.17, 15) is 4.79 Å². The molecule has 0 heterocycles. The van der Waals surface area contributed by atoms with Crippen molar-refractivity contribution in [2.45, 2.75) is 18.4 Å². The van der Waals surface area contributed by atoms with Crippen LogP contribution in [-0.4, -0.2) is 5.97 Å². The summed E-state index contributed by atoms with van der Waals surface area (Å²) in [5.41, 5.74) is 0.999. The van der Waals surface area contributed by atoms with Crippen LogP contribution in [0.5, 0.6) is 0 Å². The zero-order valence-corrected chi connectivity index (χ0v) is 11.3. The van der Waals surface area contributed by atoms with Crippen molar-refractivity contribution < 1.29 is 28.1 Å². The van der Waals surface area contributed by atoms with Gasteiger partial charge in [0.1, 0.15) is 6.61 Å². The van der Waals surface area contributed by atoms with E-state index in [0.29, 0.717) is 6.61 Å². The number of carbonyl (C=O) groups is 1. The fourth-order valence-electron chi connectivity index (χ4n) is 0.894. The summed E-state index contributed by atoms with van der Waals surface area (Å²) in [7, 11) is 3.07. The Bertz CT molecular complexity index is 301. The molecular weight excluding hydrogens is 267 g/mol. The summed E-state index contributed by atoms with van der Waals surface area (Å²) in [5.74, 6) is -0.253. The summed E-state index contributed by atoms with van der Waals surface area (Å²) in [4.78, 5) is 11.7. The van der Waals surface area contributed by atoms with Crippen LogP contribution in [0.15, 0.2) is 29.2 Å². The maximum absolute atomic E-state index is 10.5. The predicted molar refractivity (Wildman–Crippen MR) is 60.7 cm³/mol. The van der Waals surface area contributed by atoms with Gasteiger partial charge in [0.25, 0.3) is 0 Å². The first-order valence-corrected chi connectivity index (χ1v) is 6.35. The molecule has 0 aliphatic heterocycles. The van der Waals surface area contributed by atoms with Gasteiger partial charge in [-0.15, -0.1) is 0 Å². The Morgan fingerprint density at radius 2 is 2.00 bits per heavy atom. The van der Waals surface area contributed by atoms with Crippen LogP contribution in [0.25, 0.3) is 0 Å². The number of carbonyl (C=O) groups excluding carboxylic acids is 1. The first-order chi connectivity index (χ1) is 6.72. The van der Waals surface area contributed by atoms with Gasteiger partial charge in [-0.05, 0) is 17.7 Å². The van der Waals surface area contributed by atoms with Gasteiger partial charge in [0.05, 0.1) is 0 Å². The monoisotopic (exact) mass is 278 g/mol. The molecule has 0 aliphatic rings. The Kier molecular flexibility index (Phi) is 8.15. The number of hydrogen-bond acceptors (Lipinski definition) is 4. The van der Waals surface area contributed by atoms with Gasteiger partial charge in [0.2, 0.25) is 0 Å². The maximum Gasteiger partial charge on any atom is 0.302 e. The van der Waals surface area contributed by atoms with Gasteiger partial charge in [0, 0.05) is 30.4 Å². The third kappa shape index (κ3) is 6.20. The zero-order valence-electron chi connectivity index (χ0n) is 8.30. The minimum atomic E-state index is -0.253. The SMILES string of the molecule is [CH2-]SSc1ccc(COC(C)=O)cc1.[V]. The number of esters is 1. The van der Waals surface area contributed by atoms with E-state index in [1.54, 1.807) is 10.8 Å². The molecule has 0 unspecified atom stereocenters. The van der Waals surface area contributed by atoms with E-state index in [-0.39, 0.29) is 24.5 Å². The van der Waals surface area contributed by atoms with Gasteiger partial charge in [-0.25, -0.2) is 0 Å². The van der Waals surface area contributed by atoms with E-state index >= 15 is 0 Å². The average molecular weight is 278 g/mol. The number of hydrogen-bond donors (Lipinski definition) is 0. The zero-order chi connectivity index (χ0) is 10.4. The van der Waals surface area contributed by atoms with Crippen LogP contribution in [0.4, 0.5) is 0 Å². The molecule has 0 N–H and O–H groups in total. The molecule has 0 aliphatic carbocycles.